The maximum atomic E-state index is 11.2. The number of aliphatic carboxylic acids is 1. The van der Waals surface area contributed by atoms with E-state index in [2.05, 4.69) is 58.9 Å². The molecule has 29 heavy (non-hydrogen) atoms. The van der Waals surface area contributed by atoms with E-state index in [4.69, 9.17) is 4.84 Å². The van der Waals surface area contributed by atoms with Crippen molar-refractivity contribution in [3.8, 4) is 0 Å². The minimum Gasteiger partial charge on any atom is -0.481 e. The van der Waals surface area contributed by atoms with Crippen LogP contribution in [0.25, 0.3) is 5.57 Å². The summed E-state index contributed by atoms with van der Waals surface area (Å²) in [5.41, 5.74) is 9.38. The zero-order chi connectivity index (χ0) is 20.1. The first kappa shape index (κ1) is 19.7. The second kappa shape index (κ2) is 9.25. The summed E-state index contributed by atoms with van der Waals surface area (Å²) in [6.07, 6.45) is 5.73. The maximum Gasteiger partial charge on any atom is 0.307 e. The molecule has 0 radical (unpaired) electrons. The van der Waals surface area contributed by atoms with Crippen LogP contribution in [0.1, 0.15) is 35.1 Å². The van der Waals surface area contributed by atoms with Gasteiger partial charge in [0.1, 0.15) is 0 Å². The number of likely N-dealkylation sites (tertiary alicyclic amines) is 1. The van der Waals surface area contributed by atoms with Crippen molar-refractivity contribution in [2.45, 2.75) is 25.7 Å². The molecule has 1 aliphatic heterocycles. The number of rotatable bonds is 6. The molecule has 2 aromatic rings. The second-order valence-corrected chi connectivity index (χ2v) is 7.82. The summed E-state index contributed by atoms with van der Waals surface area (Å²) in [5.74, 6) is -0.943. The number of piperidine rings is 1. The molecule has 5 nitrogen and oxygen atoms in total. The normalized spacial score (nSPS) is 19.0. The number of benzene rings is 2. The van der Waals surface area contributed by atoms with Crippen LogP contribution in [0.2, 0.25) is 0 Å². The molecular formula is C24H28N2O3. The van der Waals surface area contributed by atoms with Gasteiger partial charge in [0.15, 0.2) is 0 Å². The SMILES string of the molecule is O=C(O)[C@@H]1CCCN(CCONC=C2c3ccccc3CCc3ccccc32)C1. The molecule has 4 rings (SSSR count). The molecule has 2 N–H and O–H groups in total. The summed E-state index contributed by atoms with van der Waals surface area (Å²) in [6, 6.07) is 17.1. The quantitative estimate of drug-likeness (QED) is 0.582. The molecule has 152 valence electrons. The fraction of sp³-hybridized carbons (Fsp3) is 0.375. The summed E-state index contributed by atoms with van der Waals surface area (Å²) < 4.78 is 0. The molecule has 1 atom stereocenters. The number of hydroxylamine groups is 1. The lowest BCUT2D eigenvalue weighted by Gasteiger charge is -2.30. The van der Waals surface area contributed by atoms with Gasteiger partial charge >= 0.3 is 5.97 Å². The minimum absolute atomic E-state index is 0.252. The Bertz CT molecular complexity index is 844. The van der Waals surface area contributed by atoms with Crippen LogP contribution >= 0.6 is 0 Å². The third kappa shape index (κ3) is 4.69. The van der Waals surface area contributed by atoms with Crippen LogP contribution in [-0.4, -0.2) is 42.2 Å². The van der Waals surface area contributed by atoms with E-state index in [1.54, 1.807) is 0 Å². The molecule has 2 aromatic carbocycles. The van der Waals surface area contributed by atoms with Gasteiger partial charge in [0.25, 0.3) is 0 Å². The molecular weight excluding hydrogens is 364 g/mol. The number of carboxylic acids is 1. The minimum atomic E-state index is -0.691. The van der Waals surface area contributed by atoms with Crippen molar-refractivity contribution in [3.63, 3.8) is 0 Å². The standard InChI is InChI=1S/C24H28N2O3/c27-24(28)20-8-5-13-26(17-20)14-15-29-25-16-23-21-9-3-1-6-18(21)11-12-19-7-2-4-10-22(19)23/h1-4,6-7,9-10,16,20,25H,5,8,11-15,17H2,(H,27,28)/t20-/m1/s1. The Morgan fingerprint density at radius 2 is 1.76 bits per heavy atom. The average Bonchev–Trinajstić information content (AvgIpc) is 2.91. The molecule has 5 heteroatoms. The van der Waals surface area contributed by atoms with Crippen molar-refractivity contribution in [1.82, 2.24) is 10.4 Å². The number of hydrogen-bond acceptors (Lipinski definition) is 4. The number of nitrogens with zero attached hydrogens (tertiary/aromatic N) is 1. The molecule has 1 aliphatic carbocycles. The summed E-state index contributed by atoms with van der Waals surface area (Å²) in [5, 5.41) is 9.22. The van der Waals surface area contributed by atoms with E-state index in [1.165, 1.54) is 22.3 Å². The van der Waals surface area contributed by atoms with E-state index in [9.17, 15) is 9.90 Å². The largest absolute Gasteiger partial charge is 0.481 e. The Balaban J connectivity index is 1.40. The van der Waals surface area contributed by atoms with E-state index < -0.39 is 5.97 Å². The van der Waals surface area contributed by atoms with Crippen LogP contribution in [0.3, 0.4) is 0 Å². The van der Waals surface area contributed by atoms with E-state index in [1.807, 2.05) is 6.20 Å². The fourth-order valence-corrected chi connectivity index (χ4v) is 4.37. The van der Waals surface area contributed by atoms with Crippen molar-refractivity contribution in [2.75, 3.05) is 26.2 Å². The summed E-state index contributed by atoms with van der Waals surface area (Å²) in [6.45, 7) is 2.79. The van der Waals surface area contributed by atoms with E-state index in [-0.39, 0.29) is 5.92 Å². The lowest BCUT2D eigenvalue weighted by atomic mass is 9.95. The van der Waals surface area contributed by atoms with Gasteiger partial charge in [-0.25, -0.2) is 0 Å². The molecule has 0 spiro atoms. The van der Waals surface area contributed by atoms with Gasteiger partial charge in [-0.1, -0.05) is 48.5 Å². The van der Waals surface area contributed by atoms with Crippen LogP contribution in [-0.2, 0) is 22.5 Å². The van der Waals surface area contributed by atoms with Gasteiger partial charge < -0.3 is 10.0 Å². The van der Waals surface area contributed by atoms with Crippen LogP contribution in [0, 0.1) is 5.92 Å². The highest BCUT2D eigenvalue weighted by molar-refractivity contribution is 5.83. The first-order valence-electron chi connectivity index (χ1n) is 10.4. The Labute approximate surface area is 171 Å². The summed E-state index contributed by atoms with van der Waals surface area (Å²) in [4.78, 5) is 19.1. The molecule has 1 heterocycles. The number of nitrogens with one attached hydrogen (secondary N) is 1. The fourth-order valence-electron chi connectivity index (χ4n) is 4.37. The third-order valence-corrected chi connectivity index (χ3v) is 5.93. The van der Waals surface area contributed by atoms with Crippen LogP contribution in [0.5, 0.6) is 0 Å². The summed E-state index contributed by atoms with van der Waals surface area (Å²) >= 11 is 0. The van der Waals surface area contributed by atoms with E-state index in [0.29, 0.717) is 13.2 Å². The Morgan fingerprint density at radius 1 is 1.10 bits per heavy atom. The van der Waals surface area contributed by atoms with Crippen molar-refractivity contribution in [2.24, 2.45) is 5.92 Å². The van der Waals surface area contributed by atoms with E-state index in [0.717, 1.165) is 44.3 Å². The zero-order valence-electron chi connectivity index (χ0n) is 16.6. The topological polar surface area (TPSA) is 61.8 Å². The van der Waals surface area contributed by atoms with Gasteiger partial charge in [0.2, 0.25) is 0 Å². The number of fused-ring (bicyclic) bond motifs is 2. The summed E-state index contributed by atoms with van der Waals surface area (Å²) in [7, 11) is 0. The number of carbonyl (C=O) groups is 1. The Morgan fingerprint density at radius 3 is 2.41 bits per heavy atom. The van der Waals surface area contributed by atoms with Gasteiger partial charge in [-0.3, -0.25) is 15.1 Å². The molecule has 0 aromatic heterocycles. The van der Waals surface area contributed by atoms with Gasteiger partial charge in [-0.2, -0.15) is 0 Å². The van der Waals surface area contributed by atoms with Crippen molar-refractivity contribution >= 4 is 11.5 Å². The average molecular weight is 392 g/mol. The maximum absolute atomic E-state index is 11.2. The monoisotopic (exact) mass is 392 g/mol. The number of carboxylic acid groups (broad SMARTS) is 1. The first-order chi connectivity index (χ1) is 14.2. The van der Waals surface area contributed by atoms with Gasteiger partial charge in [-0.05, 0) is 54.5 Å². The van der Waals surface area contributed by atoms with Gasteiger partial charge in [-0.15, -0.1) is 0 Å². The van der Waals surface area contributed by atoms with Crippen molar-refractivity contribution < 1.29 is 14.7 Å². The second-order valence-electron chi connectivity index (χ2n) is 7.82. The van der Waals surface area contributed by atoms with Crippen molar-refractivity contribution in [3.05, 3.63) is 77.0 Å². The highest BCUT2D eigenvalue weighted by atomic mass is 16.6. The number of aryl methyl sites for hydroxylation is 2. The Kier molecular flexibility index (Phi) is 6.27. The first-order valence-corrected chi connectivity index (χ1v) is 10.4. The van der Waals surface area contributed by atoms with E-state index >= 15 is 0 Å². The molecule has 0 saturated carbocycles. The lowest BCUT2D eigenvalue weighted by molar-refractivity contribution is -0.143. The number of hydrogen-bond donors (Lipinski definition) is 2. The molecule has 2 aliphatic rings. The third-order valence-electron chi connectivity index (χ3n) is 5.93. The smallest absolute Gasteiger partial charge is 0.307 e. The lowest BCUT2D eigenvalue weighted by Crippen LogP contribution is -2.40. The van der Waals surface area contributed by atoms with Crippen LogP contribution in [0.15, 0.2) is 54.7 Å². The molecule has 0 amide bonds. The molecule has 1 fully saturated rings. The molecule has 0 unspecified atom stereocenters. The highest BCUT2D eigenvalue weighted by Crippen LogP contribution is 2.32. The zero-order valence-corrected chi connectivity index (χ0v) is 16.6. The van der Waals surface area contributed by atoms with Gasteiger partial charge in [0.05, 0.1) is 12.5 Å². The van der Waals surface area contributed by atoms with Gasteiger partial charge in [0, 0.05) is 24.9 Å². The van der Waals surface area contributed by atoms with Crippen LogP contribution in [0.4, 0.5) is 0 Å². The highest BCUT2D eigenvalue weighted by Gasteiger charge is 2.25. The van der Waals surface area contributed by atoms with Crippen molar-refractivity contribution in [1.29, 1.82) is 0 Å². The molecule has 1 saturated heterocycles. The van der Waals surface area contributed by atoms with Crippen LogP contribution < -0.4 is 5.48 Å². The predicted molar refractivity (Wildman–Crippen MR) is 113 cm³/mol. The Hall–Kier alpha value is -2.63. The predicted octanol–water partition coefficient (Wildman–Crippen LogP) is 3.49. The molecule has 0 bridgehead atoms.